The quantitative estimate of drug-likeness (QED) is 0.359. The van der Waals surface area contributed by atoms with Crippen molar-refractivity contribution in [3.8, 4) is 22.7 Å². The molecule has 2 aromatic carbocycles. The molecule has 3 heterocycles. The van der Waals surface area contributed by atoms with Gasteiger partial charge in [0.15, 0.2) is 17.1 Å². The first-order valence-electron chi connectivity index (χ1n) is 9.60. The van der Waals surface area contributed by atoms with Crippen LogP contribution in [0.1, 0.15) is 10.5 Å². The van der Waals surface area contributed by atoms with Gasteiger partial charge in [-0.1, -0.05) is 41.1 Å². The summed E-state index contributed by atoms with van der Waals surface area (Å²) in [7, 11) is 0. The predicted molar refractivity (Wildman–Crippen MR) is 117 cm³/mol. The van der Waals surface area contributed by atoms with Gasteiger partial charge in [-0.25, -0.2) is 14.2 Å². The molecule has 33 heavy (non-hydrogen) atoms. The van der Waals surface area contributed by atoms with Crippen molar-refractivity contribution in [3.05, 3.63) is 65.7 Å². The van der Waals surface area contributed by atoms with Gasteiger partial charge in [-0.3, -0.25) is 9.59 Å². The minimum absolute atomic E-state index is 0.226. The molecule has 0 spiro atoms. The van der Waals surface area contributed by atoms with Gasteiger partial charge in [0.1, 0.15) is 18.6 Å². The van der Waals surface area contributed by atoms with Gasteiger partial charge in [0, 0.05) is 21.4 Å². The molecule has 0 saturated heterocycles. The van der Waals surface area contributed by atoms with Crippen molar-refractivity contribution >= 4 is 39.9 Å². The lowest BCUT2D eigenvalue weighted by Crippen LogP contribution is -2.31. The number of carboxylic acids is 1. The van der Waals surface area contributed by atoms with E-state index in [0.29, 0.717) is 32.7 Å². The Hall–Kier alpha value is -4.51. The number of carbonyl (C=O) groups excluding carboxylic acids is 1. The van der Waals surface area contributed by atoms with E-state index in [0.717, 1.165) is 0 Å². The normalized spacial score (nSPS) is 11.2. The first-order chi connectivity index (χ1) is 15.9. The minimum atomic E-state index is -1.22. The maximum atomic E-state index is 12.6. The number of rotatable bonds is 5. The summed E-state index contributed by atoms with van der Waals surface area (Å²) in [4.78, 5) is 27.7. The number of aromatic nitrogens is 6. The number of nitrogens with one attached hydrogen (secondary N) is 1. The monoisotopic (exact) mass is 463 g/mol. The molecule has 0 unspecified atom stereocenters. The fourth-order valence-electron chi connectivity index (χ4n) is 3.58. The summed E-state index contributed by atoms with van der Waals surface area (Å²) in [5, 5.41) is 35.9. The Morgan fingerprint density at radius 3 is 2.76 bits per heavy atom. The minimum Gasteiger partial charge on any atom is -0.505 e. The fourth-order valence-corrected chi connectivity index (χ4v) is 3.77. The Balaban J connectivity index is 1.69. The number of aliphatic carboxylic acids is 1. The number of carbonyl (C=O) groups is 2. The van der Waals surface area contributed by atoms with Crippen LogP contribution in [0.3, 0.4) is 0 Å². The number of benzene rings is 2. The molecule has 5 aromatic rings. The van der Waals surface area contributed by atoms with Crippen molar-refractivity contribution in [1.29, 1.82) is 0 Å². The number of hydrogen-bond acceptors (Lipinski definition) is 7. The Labute approximate surface area is 189 Å². The number of amides is 1. The van der Waals surface area contributed by atoms with Crippen molar-refractivity contribution < 1.29 is 19.8 Å². The highest BCUT2D eigenvalue weighted by atomic mass is 35.5. The third-order valence-corrected chi connectivity index (χ3v) is 5.22. The van der Waals surface area contributed by atoms with E-state index in [-0.39, 0.29) is 17.1 Å². The summed E-state index contributed by atoms with van der Waals surface area (Å²) in [5.74, 6) is -2.39. The Kier molecular flexibility index (Phi) is 4.87. The summed E-state index contributed by atoms with van der Waals surface area (Å²) >= 11 is 6.07. The first-order valence-corrected chi connectivity index (χ1v) is 9.98. The Morgan fingerprint density at radius 2 is 1.97 bits per heavy atom. The number of aromatic hydroxyl groups is 1. The van der Waals surface area contributed by atoms with Gasteiger partial charge in [-0.15, -0.1) is 5.10 Å². The molecule has 0 aliphatic rings. The molecule has 11 nitrogen and oxygen atoms in total. The van der Waals surface area contributed by atoms with Crippen molar-refractivity contribution in [2.24, 2.45) is 0 Å². The lowest BCUT2D eigenvalue weighted by molar-refractivity contribution is -0.135. The lowest BCUT2D eigenvalue weighted by Gasteiger charge is -2.12. The second kappa shape index (κ2) is 7.88. The zero-order chi connectivity index (χ0) is 23.1. The van der Waals surface area contributed by atoms with Crippen molar-refractivity contribution in [1.82, 2.24) is 34.9 Å². The van der Waals surface area contributed by atoms with E-state index < -0.39 is 18.4 Å². The summed E-state index contributed by atoms with van der Waals surface area (Å²) in [6, 6.07) is 12.2. The maximum absolute atomic E-state index is 12.6. The van der Waals surface area contributed by atoms with Gasteiger partial charge in [-0.2, -0.15) is 5.10 Å². The molecule has 0 radical (unpaired) electrons. The zero-order valence-corrected chi connectivity index (χ0v) is 17.4. The van der Waals surface area contributed by atoms with Gasteiger partial charge in [0.05, 0.1) is 11.9 Å². The van der Waals surface area contributed by atoms with Crippen LogP contribution in [0.5, 0.6) is 5.75 Å². The van der Waals surface area contributed by atoms with Crippen LogP contribution in [0, 0.1) is 0 Å². The van der Waals surface area contributed by atoms with Gasteiger partial charge < -0.3 is 15.5 Å². The Bertz CT molecular complexity index is 1560. The SMILES string of the molecule is O=C(O)CNC(=O)c1c(O)c2cccc(-c3cn(-c4cccc(Cl)c4)nn3)c2c2ncnn12. The highest BCUT2D eigenvalue weighted by Crippen LogP contribution is 2.37. The van der Waals surface area contributed by atoms with Crippen LogP contribution in [0.4, 0.5) is 0 Å². The number of hydrogen-bond donors (Lipinski definition) is 3. The zero-order valence-electron chi connectivity index (χ0n) is 16.7. The molecule has 0 saturated carbocycles. The number of halogens is 1. The fraction of sp³-hybridized carbons (Fsp3) is 0.0476. The van der Waals surface area contributed by atoms with E-state index in [4.69, 9.17) is 16.7 Å². The van der Waals surface area contributed by atoms with Crippen LogP contribution in [0.25, 0.3) is 33.4 Å². The average molecular weight is 464 g/mol. The summed E-state index contributed by atoms with van der Waals surface area (Å²) < 4.78 is 2.73. The van der Waals surface area contributed by atoms with Crippen LogP contribution in [0.2, 0.25) is 5.02 Å². The van der Waals surface area contributed by atoms with Gasteiger partial charge in [0.25, 0.3) is 5.91 Å². The number of carboxylic acid groups (broad SMARTS) is 1. The van der Waals surface area contributed by atoms with Crippen LogP contribution in [-0.4, -0.2) is 58.2 Å². The van der Waals surface area contributed by atoms with Crippen LogP contribution < -0.4 is 5.32 Å². The third kappa shape index (κ3) is 3.49. The topological polar surface area (TPSA) is 148 Å². The molecule has 0 aliphatic heterocycles. The maximum Gasteiger partial charge on any atom is 0.322 e. The third-order valence-electron chi connectivity index (χ3n) is 4.98. The van der Waals surface area contributed by atoms with Gasteiger partial charge in [0.2, 0.25) is 0 Å². The molecule has 0 aliphatic carbocycles. The number of pyridine rings is 1. The van der Waals surface area contributed by atoms with Crippen LogP contribution >= 0.6 is 11.6 Å². The molecule has 0 atom stereocenters. The molecule has 5 rings (SSSR count). The van der Waals surface area contributed by atoms with Gasteiger partial charge >= 0.3 is 5.97 Å². The average Bonchev–Trinajstić information content (AvgIpc) is 3.47. The second-order valence-electron chi connectivity index (χ2n) is 7.03. The van der Waals surface area contributed by atoms with Crippen molar-refractivity contribution in [2.75, 3.05) is 6.54 Å². The summed E-state index contributed by atoms with van der Waals surface area (Å²) in [5.41, 5.74) is 1.88. The van der Waals surface area contributed by atoms with Crippen molar-refractivity contribution in [3.63, 3.8) is 0 Å². The van der Waals surface area contributed by atoms with E-state index in [2.05, 4.69) is 25.7 Å². The summed E-state index contributed by atoms with van der Waals surface area (Å²) in [6.07, 6.45) is 2.94. The second-order valence-corrected chi connectivity index (χ2v) is 7.46. The largest absolute Gasteiger partial charge is 0.505 e. The lowest BCUT2D eigenvalue weighted by atomic mass is 10.0. The van der Waals surface area contributed by atoms with E-state index >= 15 is 0 Å². The van der Waals surface area contributed by atoms with Gasteiger partial charge in [-0.05, 0) is 18.2 Å². The van der Waals surface area contributed by atoms with E-state index in [1.807, 2.05) is 6.07 Å². The molecule has 3 aromatic heterocycles. The predicted octanol–water partition coefficient (Wildman–Crippen LogP) is 2.30. The standard InChI is InChI=1S/C21H14ClN7O4/c22-11-3-1-4-12(7-11)28-9-15(26-27-28)13-5-2-6-14-17(13)20-24-10-25-29(20)18(19(14)32)21(33)23-8-16(30)31/h1-7,9-10,32H,8H2,(H,23,33)(H,30,31). The number of nitrogens with zero attached hydrogens (tertiary/aromatic N) is 6. The first kappa shape index (κ1) is 20.4. The molecule has 0 fully saturated rings. The number of fused-ring (bicyclic) bond motifs is 3. The highest BCUT2D eigenvalue weighted by molar-refractivity contribution is 6.30. The molecule has 1 amide bonds. The smallest absolute Gasteiger partial charge is 0.322 e. The van der Waals surface area contributed by atoms with Crippen LogP contribution in [0.15, 0.2) is 55.0 Å². The van der Waals surface area contributed by atoms with E-state index in [1.54, 1.807) is 47.3 Å². The van der Waals surface area contributed by atoms with E-state index in [9.17, 15) is 14.7 Å². The molecule has 12 heteroatoms. The summed E-state index contributed by atoms with van der Waals surface area (Å²) in [6.45, 7) is -0.612. The molecular weight excluding hydrogens is 450 g/mol. The molecule has 3 N–H and O–H groups in total. The molecule has 0 bridgehead atoms. The van der Waals surface area contributed by atoms with Crippen LogP contribution in [-0.2, 0) is 4.79 Å². The van der Waals surface area contributed by atoms with Crippen molar-refractivity contribution in [2.45, 2.75) is 0 Å². The van der Waals surface area contributed by atoms with E-state index in [1.165, 1.54) is 10.8 Å². The Morgan fingerprint density at radius 1 is 1.15 bits per heavy atom. The molecular formula is C21H14ClN7O4. The molecule has 164 valence electrons. The highest BCUT2D eigenvalue weighted by Gasteiger charge is 2.24.